The van der Waals surface area contributed by atoms with Gasteiger partial charge in [0.15, 0.2) is 5.78 Å². The largest absolute Gasteiger partial charge is 0.490 e. The summed E-state index contributed by atoms with van der Waals surface area (Å²) in [4.78, 5) is 32.9. The van der Waals surface area contributed by atoms with E-state index in [4.69, 9.17) is 19.2 Å². The van der Waals surface area contributed by atoms with Crippen LogP contribution in [0.1, 0.15) is 57.9 Å². The zero-order chi connectivity index (χ0) is 25.6. The van der Waals surface area contributed by atoms with Gasteiger partial charge in [-0.25, -0.2) is 4.98 Å². The number of fused-ring (bicyclic) bond motifs is 1. The molecule has 2 heterocycles. The first-order valence-corrected chi connectivity index (χ1v) is 12.4. The third kappa shape index (κ3) is 6.70. The highest BCUT2D eigenvalue weighted by Gasteiger charge is 2.30. The average Bonchev–Trinajstić information content (AvgIpc) is 2.82. The van der Waals surface area contributed by atoms with Crippen LogP contribution in [0.15, 0.2) is 24.3 Å². The molecule has 8 nitrogen and oxygen atoms in total. The Kier molecular flexibility index (Phi) is 9.08. The molecule has 1 aromatic carbocycles. The molecule has 1 aliphatic heterocycles. The summed E-state index contributed by atoms with van der Waals surface area (Å²) in [6.45, 7) is 12.0. The molecule has 0 saturated carbocycles. The fourth-order valence-corrected chi connectivity index (χ4v) is 4.16. The lowest BCUT2D eigenvalue weighted by molar-refractivity contribution is -0.128. The summed E-state index contributed by atoms with van der Waals surface area (Å²) in [6, 6.07) is 7.29. The number of nitrogens with zero attached hydrogens (tertiary/aromatic N) is 2. The Morgan fingerprint density at radius 2 is 1.94 bits per heavy atom. The number of methoxy groups -OCH3 is 1. The number of benzene rings is 1. The maximum absolute atomic E-state index is 13.8. The van der Waals surface area contributed by atoms with Gasteiger partial charge >= 0.3 is 0 Å². The number of aromatic nitrogens is 1. The fourth-order valence-electron chi connectivity index (χ4n) is 4.16. The van der Waals surface area contributed by atoms with E-state index in [-0.39, 0.29) is 30.4 Å². The fraction of sp³-hybridized carbons (Fsp3) is 0.593. The molecular weight excluding hydrogens is 446 g/mol. The molecular formula is C27H39N3O5. The van der Waals surface area contributed by atoms with Gasteiger partial charge in [0.05, 0.1) is 6.61 Å². The van der Waals surface area contributed by atoms with Crippen molar-refractivity contribution >= 4 is 22.6 Å². The van der Waals surface area contributed by atoms with Crippen LogP contribution in [0.2, 0.25) is 0 Å². The van der Waals surface area contributed by atoms with E-state index >= 15 is 0 Å². The molecule has 2 aromatic rings. The van der Waals surface area contributed by atoms with Crippen molar-refractivity contribution < 1.29 is 23.8 Å². The molecule has 0 unspecified atom stereocenters. The monoisotopic (exact) mass is 485 g/mol. The van der Waals surface area contributed by atoms with Crippen molar-refractivity contribution in [2.75, 3.05) is 40.0 Å². The zero-order valence-electron chi connectivity index (χ0n) is 21.8. The molecule has 8 heteroatoms. The summed E-state index contributed by atoms with van der Waals surface area (Å²) in [6.07, 6.45) is 1.97. The van der Waals surface area contributed by atoms with Crippen molar-refractivity contribution in [3.05, 3.63) is 30.0 Å². The first-order valence-electron chi connectivity index (χ1n) is 12.4. The highest BCUT2D eigenvalue weighted by Crippen LogP contribution is 2.33. The Balaban J connectivity index is 2.03. The van der Waals surface area contributed by atoms with E-state index in [1.807, 2.05) is 51.7 Å². The minimum atomic E-state index is -0.515. The number of hydrogen-bond acceptors (Lipinski definition) is 7. The van der Waals surface area contributed by atoms with Crippen molar-refractivity contribution in [1.82, 2.24) is 15.2 Å². The second-order valence-corrected chi connectivity index (χ2v) is 10.3. The van der Waals surface area contributed by atoms with E-state index < -0.39 is 5.41 Å². The highest BCUT2D eigenvalue weighted by atomic mass is 16.5. The van der Waals surface area contributed by atoms with Gasteiger partial charge in [0.1, 0.15) is 35.9 Å². The topological polar surface area (TPSA) is 90.0 Å². The summed E-state index contributed by atoms with van der Waals surface area (Å²) in [5, 5.41) is 4.11. The number of nitrogens with one attached hydrogen (secondary N) is 1. The second kappa shape index (κ2) is 11.8. The van der Waals surface area contributed by atoms with Crippen molar-refractivity contribution in [2.24, 2.45) is 5.41 Å². The van der Waals surface area contributed by atoms with Crippen molar-refractivity contribution in [3.63, 3.8) is 0 Å². The molecule has 0 bridgehead atoms. The van der Waals surface area contributed by atoms with Gasteiger partial charge in [0, 0.05) is 42.6 Å². The minimum Gasteiger partial charge on any atom is -0.490 e. The Labute approximate surface area is 208 Å². The van der Waals surface area contributed by atoms with Crippen molar-refractivity contribution in [1.29, 1.82) is 0 Å². The molecule has 0 spiro atoms. The molecule has 192 valence electrons. The van der Waals surface area contributed by atoms with Crippen LogP contribution in [-0.4, -0.2) is 73.7 Å². The van der Waals surface area contributed by atoms with Crippen LogP contribution in [0.25, 0.3) is 10.9 Å². The van der Waals surface area contributed by atoms with E-state index in [0.29, 0.717) is 41.3 Å². The van der Waals surface area contributed by atoms with Crippen molar-refractivity contribution in [3.8, 4) is 11.5 Å². The Hall–Kier alpha value is -2.71. The van der Waals surface area contributed by atoms with Gasteiger partial charge in [-0.2, -0.15) is 0 Å². The van der Waals surface area contributed by atoms with Gasteiger partial charge in [-0.1, -0.05) is 26.8 Å². The number of rotatable bonds is 10. The third-order valence-electron chi connectivity index (χ3n) is 6.18. The lowest BCUT2D eigenvalue weighted by atomic mass is 9.91. The molecule has 3 rings (SSSR count). The summed E-state index contributed by atoms with van der Waals surface area (Å²) in [5.41, 5.74) is 0.277. The summed E-state index contributed by atoms with van der Waals surface area (Å²) in [5.74, 6) is 0.817. The predicted octanol–water partition coefficient (Wildman–Crippen LogP) is 3.86. The maximum Gasteiger partial charge on any atom is 0.273 e. The second-order valence-electron chi connectivity index (χ2n) is 10.3. The van der Waals surface area contributed by atoms with Crippen LogP contribution >= 0.6 is 0 Å². The van der Waals surface area contributed by atoms with Gasteiger partial charge in [0.25, 0.3) is 5.91 Å². The molecule has 1 amide bonds. The number of Topliss-reactive ketones (excluding diaryl/α,β-unsaturated/α-hetero) is 1. The van der Waals surface area contributed by atoms with Crippen LogP contribution in [0.5, 0.6) is 11.5 Å². The lowest BCUT2D eigenvalue weighted by Gasteiger charge is -2.37. The van der Waals surface area contributed by atoms with Crippen LogP contribution in [0.3, 0.4) is 0 Å². The molecule has 1 aliphatic rings. The van der Waals surface area contributed by atoms with Crippen LogP contribution in [0, 0.1) is 5.41 Å². The number of pyridine rings is 1. The van der Waals surface area contributed by atoms with E-state index in [9.17, 15) is 9.59 Å². The van der Waals surface area contributed by atoms with E-state index in [2.05, 4.69) is 5.32 Å². The number of ether oxygens (including phenoxy) is 3. The van der Waals surface area contributed by atoms with E-state index in [1.54, 1.807) is 19.2 Å². The Bertz CT molecular complexity index is 1030. The standard InChI is InChI=1S/C27H39N3O5/c1-18(2)30(19-9-8-12-28-16-19)26(32)21-15-23(34-14-13-33-6)20-10-7-11-22(25(20)29-21)35-17-24(31)27(3,4)5/h7,10-11,15,18-19,28H,8-9,12-14,16-17H2,1-6H3/t19-/m1/s1. The number of piperidine rings is 1. The molecule has 1 saturated heterocycles. The molecule has 1 atom stereocenters. The quantitative estimate of drug-likeness (QED) is 0.511. The number of amides is 1. The van der Waals surface area contributed by atoms with Crippen LogP contribution < -0.4 is 14.8 Å². The maximum atomic E-state index is 13.8. The number of para-hydroxylation sites is 1. The van der Waals surface area contributed by atoms with Gasteiger partial charge in [-0.05, 0) is 45.4 Å². The predicted molar refractivity (Wildman–Crippen MR) is 136 cm³/mol. The van der Waals surface area contributed by atoms with E-state index in [0.717, 1.165) is 25.9 Å². The summed E-state index contributed by atoms with van der Waals surface area (Å²) in [7, 11) is 1.61. The first-order chi connectivity index (χ1) is 16.6. The molecule has 1 aromatic heterocycles. The molecule has 1 fully saturated rings. The normalized spacial score (nSPS) is 16.4. The Morgan fingerprint density at radius 3 is 2.57 bits per heavy atom. The molecule has 1 N–H and O–H groups in total. The SMILES string of the molecule is COCCOc1cc(C(=O)N(C(C)C)[C@@H]2CCCNC2)nc2c(OCC(=O)C(C)(C)C)cccc12. The minimum absolute atomic E-state index is 0.0126. The van der Waals surface area contributed by atoms with Gasteiger partial charge in [-0.15, -0.1) is 0 Å². The molecule has 0 radical (unpaired) electrons. The van der Waals surface area contributed by atoms with Gasteiger partial charge < -0.3 is 24.4 Å². The molecule has 35 heavy (non-hydrogen) atoms. The first kappa shape index (κ1) is 26.9. The van der Waals surface area contributed by atoms with E-state index in [1.165, 1.54) is 0 Å². The average molecular weight is 486 g/mol. The molecule has 0 aliphatic carbocycles. The number of carbonyl (C=O) groups is 2. The highest BCUT2D eigenvalue weighted by molar-refractivity contribution is 5.99. The summed E-state index contributed by atoms with van der Waals surface area (Å²) >= 11 is 0. The van der Waals surface area contributed by atoms with Gasteiger partial charge in [0.2, 0.25) is 0 Å². The Morgan fingerprint density at radius 1 is 1.17 bits per heavy atom. The van der Waals surface area contributed by atoms with Crippen LogP contribution in [0.4, 0.5) is 0 Å². The lowest BCUT2D eigenvalue weighted by Crippen LogP contribution is -2.51. The van der Waals surface area contributed by atoms with Gasteiger partial charge in [-0.3, -0.25) is 9.59 Å². The summed E-state index contributed by atoms with van der Waals surface area (Å²) < 4.78 is 17.1. The third-order valence-corrected chi connectivity index (χ3v) is 6.18. The smallest absolute Gasteiger partial charge is 0.273 e. The van der Waals surface area contributed by atoms with Crippen molar-refractivity contribution in [2.45, 2.75) is 59.5 Å². The number of hydrogen-bond donors (Lipinski definition) is 1. The number of carbonyl (C=O) groups excluding carboxylic acids is 2. The zero-order valence-corrected chi connectivity index (χ0v) is 21.8. The number of ketones is 1. The van der Waals surface area contributed by atoms with Crippen LogP contribution in [-0.2, 0) is 9.53 Å².